The fourth-order valence-electron chi connectivity index (χ4n) is 3.85. The zero-order chi connectivity index (χ0) is 21.4. The Morgan fingerprint density at radius 1 is 1.07 bits per heavy atom. The molecule has 2 atom stereocenters. The van der Waals surface area contributed by atoms with Crippen LogP contribution < -0.4 is 5.32 Å². The Hall–Kier alpha value is -2.77. The Bertz CT molecular complexity index is 992. The van der Waals surface area contributed by atoms with Gasteiger partial charge in [0.2, 0.25) is 11.8 Å². The summed E-state index contributed by atoms with van der Waals surface area (Å²) >= 11 is 12.0. The van der Waals surface area contributed by atoms with E-state index in [1.165, 1.54) is 17.0 Å². The summed E-state index contributed by atoms with van der Waals surface area (Å²) in [5.74, 6) is -0.615. The highest BCUT2D eigenvalue weighted by molar-refractivity contribution is 6.35. The summed E-state index contributed by atoms with van der Waals surface area (Å²) in [6, 6.07) is 9.71. The monoisotopic (exact) mass is 447 g/mol. The lowest BCUT2D eigenvalue weighted by Gasteiger charge is -2.45. The van der Waals surface area contributed by atoms with Crippen molar-refractivity contribution < 1.29 is 19.5 Å². The molecule has 2 aliphatic rings. The van der Waals surface area contributed by atoms with E-state index < -0.39 is 12.1 Å². The molecule has 0 aromatic heterocycles. The molecule has 9 heteroatoms. The van der Waals surface area contributed by atoms with Crippen molar-refractivity contribution in [2.45, 2.75) is 18.5 Å². The molecule has 0 spiro atoms. The van der Waals surface area contributed by atoms with Crippen molar-refractivity contribution in [3.63, 3.8) is 0 Å². The average molecular weight is 448 g/mol. The van der Waals surface area contributed by atoms with Crippen LogP contribution in [0.5, 0.6) is 5.75 Å². The van der Waals surface area contributed by atoms with Crippen LogP contribution in [-0.4, -0.2) is 64.3 Å². The van der Waals surface area contributed by atoms with Crippen molar-refractivity contribution in [3.8, 4) is 5.75 Å². The number of fused-ring (bicyclic) bond motifs is 1. The summed E-state index contributed by atoms with van der Waals surface area (Å²) in [6.07, 6.45) is 0.331. The Morgan fingerprint density at radius 2 is 1.73 bits per heavy atom. The minimum atomic E-state index is -0.735. The zero-order valence-corrected chi connectivity index (χ0v) is 17.4. The molecular formula is C21H19Cl2N3O4. The molecule has 2 fully saturated rings. The fourth-order valence-corrected chi connectivity index (χ4v) is 4.38. The number of nitrogens with one attached hydrogen (secondary N) is 1. The normalized spacial score (nSPS) is 21.3. The van der Waals surface area contributed by atoms with E-state index >= 15 is 0 Å². The Labute approximate surface area is 183 Å². The van der Waals surface area contributed by atoms with E-state index in [-0.39, 0.29) is 36.6 Å². The number of hydrogen-bond acceptors (Lipinski definition) is 4. The van der Waals surface area contributed by atoms with E-state index in [9.17, 15) is 19.5 Å². The van der Waals surface area contributed by atoms with Gasteiger partial charge in [0.1, 0.15) is 17.8 Å². The maximum absolute atomic E-state index is 12.9. The van der Waals surface area contributed by atoms with Crippen molar-refractivity contribution in [1.82, 2.24) is 15.1 Å². The number of hydrogen-bond donors (Lipinski definition) is 2. The number of phenols is 1. The molecule has 0 saturated carbocycles. The summed E-state index contributed by atoms with van der Waals surface area (Å²) in [5, 5.41) is 12.9. The molecule has 156 valence electrons. The number of halogens is 2. The van der Waals surface area contributed by atoms with Crippen LogP contribution in [0.4, 0.5) is 0 Å². The van der Waals surface area contributed by atoms with Crippen molar-refractivity contribution in [2.24, 2.45) is 0 Å². The third-order valence-corrected chi connectivity index (χ3v) is 5.79. The van der Waals surface area contributed by atoms with Crippen LogP contribution in [0.15, 0.2) is 42.5 Å². The van der Waals surface area contributed by atoms with E-state index in [0.717, 1.165) is 5.56 Å². The molecule has 0 unspecified atom stereocenters. The lowest BCUT2D eigenvalue weighted by atomic mass is 9.98. The third-order valence-electron chi connectivity index (χ3n) is 5.35. The molecule has 2 aromatic rings. The van der Waals surface area contributed by atoms with Gasteiger partial charge in [0.25, 0.3) is 5.91 Å². The van der Waals surface area contributed by atoms with Gasteiger partial charge in [-0.25, -0.2) is 0 Å². The van der Waals surface area contributed by atoms with Gasteiger partial charge in [-0.3, -0.25) is 14.4 Å². The molecule has 2 N–H and O–H groups in total. The lowest BCUT2D eigenvalue weighted by molar-refractivity contribution is -0.152. The highest BCUT2D eigenvalue weighted by atomic mass is 35.5. The molecular weight excluding hydrogens is 429 g/mol. The zero-order valence-electron chi connectivity index (χ0n) is 15.8. The fraction of sp³-hybridized carbons (Fsp3) is 0.286. The van der Waals surface area contributed by atoms with Crippen LogP contribution in [0.25, 0.3) is 0 Å². The topological polar surface area (TPSA) is 89.9 Å². The molecule has 0 bridgehead atoms. The third kappa shape index (κ3) is 4.08. The van der Waals surface area contributed by atoms with Crippen molar-refractivity contribution in [2.75, 3.05) is 19.6 Å². The highest BCUT2D eigenvalue weighted by Gasteiger charge is 2.44. The van der Waals surface area contributed by atoms with Gasteiger partial charge in [0.05, 0.1) is 6.54 Å². The van der Waals surface area contributed by atoms with E-state index in [2.05, 4.69) is 5.32 Å². The predicted molar refractivity (Wildman–Crippen MR) is 112 cm³/mol. The number of piperazine rings is 2. The average Bonchev–Trinajstić information content (AvgIpc) is 2.72. The molecule has 2 heterocycles. The van der Waals surface area contributed by atoms with Crippen molar-refractivity contribution in [3.05, 3.63) is 63.6 Å². The first kappa shape index (κ1) is 20.5. The molecule has 2 aromatic carbocycles. The molecule has 2 aliphatic heterocycles. The number of carbonyl (C=O) groups excluding carboxylic acids is 3. The van der Waals surface area contributed by atoms with E-state index in [0.29, 0.717) is 28.6 Å². The highest BCUT2D eigenvalue weighted by Crippen LogP contribution is 2.23. The quantitative estimate of drug-likeness (QED) is 0.753. The lowest BCUT2D eigenvalue weighted by Crippen LogP contribution is -2.70. The predicted octanol–water partition coefficient (Wildman–Crippen LogP) is 2.09. The number of nitrogens with zero attached hydrogens (tertiary/aromatic N) is 2. The van der Waals surface area contributed by atoms with E-state index in [4.69, 9.17) is 23.2 Å². The number of rotatable bonds is 3. The second kappa shape index (κ2) is 8.16. The summed E-state index contributed by atoms with van der Waals surface area (Å²) in [4.78, 5) is 41.6. The van der Waals surface area contributed by atoms with E-state index in [1.54, 1.807) is 35.2 Å². The van der Waals surface area contributed by atoms with Crippen LogP contribution in [0, 0.1) is 0 Å². The smallest absolute Gasteiger partial charge is 0.254 e. The van der Waals surface area contributed by atoms with Gasteiger partial charge in [-0.15, -0.1) is 0 Å². The van der Waals surface area contributed by atoms with Crippen LogP contribution in [0.1, 0.15) is 15.9 Å². The molecule has 0 aliphatic carbocycles. The SMILES string of the molecule is O=C1N[C@@H](Cc2ccc(O)cc2)C(=O)N2CCN(C(=O)c3cc(Cl)cc(Cl)c3)C[C@H]12. The Kier molecular flexibility index (Phi) is 5.58. The second-order valence-corrected chi connectivity index (χ2v) is 8.26. The maximum Gasteiger partial charge on any atom is 0.254 e. The first-order chi connectivity index (χ1) is 14.3. The molecule has 4 rings (SSSR count). The van der Waals surface area contributed by atoms with Gasteiger partial charge in [-0.2, -0.15) is 0 Å². The number of carbonyl (C=O) groups is 3. The molecule has 7 nitrogen and oxygen atoms in total. The van der Waals surface area contributed by atoms with Gasteiger partial charge in [0.15, 0.2) is 0 Å². The molecule has 0 radical (unpaired) electrons. The van der Waals surface area contributed by atoms with Crippen molar-refractivity contribution in [1.29, 1.82) is 0 Å². The number of amides is 3. The second-order valence-electron chi connectivity index (χ2n) is 7.39. The minimum Gasteiger partial charge on any atom is -0.508 e. The summed E-state index contributed by atoms with van der Waals surface area (Å²) in [6.45, 7) is 0.680. The minimum absolute atomic E-state index is 0.104. The standard InChI is InChI=1S/C21H19Cl2N3O4/c22-14-8-13(9-15(23)10-14)20(29)25-5-6-26-18(11-25)19(28)24-17(21(26)30)7-12-1-3-16(27)4-2-12/h1-4,8-10,17-18,27H,5-7,11H2,(H,24,28)/t17-,18+/m0/s1. The first-order valence-electron chi connectivity index (χ1n) is 9.46. The Morgan fingerprint density at radius 3 is 2.40 bits per heavy atom. The Balaban J connectivity index is 1.46. The largest absolute Gasteiger partial charge is 0.508 e. The number of aromatic hydroxyl groups is 1. The molecule has 3 amide bonds. The number of benzene rings is 2. The summed E-state index contributed by atoms with van der Waals surface area (Å²) in [5.41, 5.74) is 1.17. The van der Waals surface area contributed by atoms with Gasteiger partial charge >= 0.3 is 0 Å². The molecule has 2 saturated heterocycles. The number of phenolic OH excluding ortho intramolecular Hbond substituents is 1. The summed E-state index contributed by atoms with van der Waals surface area (Å²) < 4.78 is 0. The maximum atomic E-state index is 12.9. The van der Waals surface area contributed by atoms with Crippen LogP contribution >= 0.6 is 23.2 Å². The molecule has 30 heavy (non-hydrogen) atoms. The first-order valence-corrected chi connectivity index (χ1v) is 10.2. The van der Waals surface area contributed by atoms with Crippen LogP contribution in [-0.2, 0) is 16.0 Å². The van der Waals surface area contributed by atoms with Gasteiger partial charge in [-0.05, 0) is 35.9 Å². The van der Waals surface area contributed by atoms with Crippen LogP contribution in [0.2, 0.25) is 10.0 Å². The van der Waals surface area contributed by atoms with Gasteiger partial charge in [-0.1, -0.05) is 35.3 Å². The van der Waals surface area contributed by atoms with E-state index in [1.807, 2.05) is 0 Å². The van der Waals surface area contributed by atoms with Gasteiger partial charge < -0.3 is 20.2 Å². The van der Waals surface area contributed by atoms with Crippen molar-refractivity contribution >= 4 is 40.9 Å². The van der Waals surface area contributed by atoms with Gasteiger partial charge in [0, 0.05) is 35.1 Å². The van der Waals surface area contributed by atoms with Crippen LogP contribution in [0.3, 0.4) is 0 Å². The summed E-state index contributed by atoms with van der Waals surface area (Å²) in [7, 11) is 0.